The van der Waals surface area contributed by atoms with Gasteiger partial charge in [0.2, 0.25) is 5.91 Å². The molecule has 0 aliphatic heterocycles. The minimum Gasteiger partial charge on any atom is -0.325 e. The number of amides is 1. The van der Waals surface area contributed by atoms with Gasteiger partial charge in [-0.25, -0.2) is 9.37 Å². The number of hydrogen-bond acceptors (Lipinski definition) is 4. The van der Waals surface area contributed by atoms with Crippen molar-refractivity contribution in [1.82, 2.24) is 9.55 Å². The lowest BCUT2D eigenvalue weighted by Crippen LogP contribution is -2.23. The van der Waals surface area contributed by atoms with Crippen LogP contribution >= 0.6 is 34.4 Å². The third-order valence-electron chi connectivity index (χ3n) is 4.27. The molecule has 3 aromatic carbocycles. The summed E-state index contributed by atoms with van der Waals surface area (Å²) < 4.78 is 15.8. The lowest BCUT2D eigenvalue weighted by Gasteiger charge is -2.13. The smallest absolute Gasteiger partial charge is 0.266 e. The van der Waals surface area contributed by atoms with Gasteiger partial charge >= 0.3 is 0 Å². The van der Waals surface area contributed by atoms with Crippen LogP contribution in [0.25, 0.3) is 16.6 Å². The molecule has 0 atom stereocenters. The summed E-state index contributed by atoms with van der Waals surface area (Å²) in [6, 6.07) is 20.1. The predicted octanol–water partition coefficient (Wildman–Crippen LogP) is 4.86. The topological polar surface area (TPSA) is 64.0 Å². The van der Waals surface area contributed by atoms with Crippen LogP contribution in [0.2, 0.25) is 0 Å². The normalized spacial score (nSPS) is 10.9. The van der Waals surface area contributed by atoms with Crippen molar-refractivity contribution in [3.05, 3.63) is 92.5 Å². The van der Waals surface area contributed by atoms with Crippen LogP contribution in [0.5, 0.6) is 0 Å². The Morgan fingerprint density at radius 3 is 2.60 bits per heavy atom. The Hall–Kier alpha value is -2.72. The fraction of sp³-hybridized carbons (Fsp3) is 0.0455. The Morgan fingerprint density at radius 1 is 1.07 bits per heavy atom. The van der Waals surface area contributed by atoms with Crippen molar-refractivity contribution in [3.8, 4) is 5.69 Å². The molecule has 0 aliphatic carbocycles. The van der Waals surface area contributed by atoms with Crippen LogP contribution in [0.1, 0.15) is 0 Å². The van der Waals surface area contributed by atoms with Crippen molar-refractivity contribution in [1.29, 1.82) is 0 Å². The minimum atomic E-state index is -0.397. The number of halogens is 2. The van der Waals surface area contributed by atoms with Crippen molar-refractivity contribution < 1.29 is 9.18 Å². The average molecular weight is 531 g/mol. The third-order valence-corrected chi connectivity index (χ3v) is 5.88. The lowest BCUT2D eigenvalue weighted by atomic mass is 10.2. The maximum Gasteiger partial charge on any atom is 0.266 e. The van der Waals surface area contributed by atoms with Crippen molar-refractivity contribution in [2.45, 2.75) is 5.16 Å². The first-order valence-electron chi connectivity index (χ1n) is 8.97. The SMILES string of the molecule is O=C(CSc1nc2ccccc2c(=O)n1-c1ccc(F)cc1)Nc1cccc(I)c1. The first-order chi connectivity index (χ1) is 14.5. The Morgan fingerprint density at radius 2 is 1.83 bits per heavy atom. The van der Waals surface area contributed by atoms with E-state index < -0.39 is 5.82 Å². The number of hydrogen-bond donors (Lipinski definition) is 1. The summed E-state index contributed by atoms with van der Waals surface area (Å²) in [6.07, 6.45) is 0. The van der Waals surface area contributed by atoms with E-state index >= 15 is 0 Å². The van der Waals surface area contributed by atoms with E-state index in [1.165, 1.54) is 28.8 Å². The summed E-state index contributed by atoms with van der Waals surface area (Å²) in [5.41, 5.74) is 1.46. The van der Waals surface area contributed by atoms with Gasteiger partial charge in [0.15, 0.2) is 5.16 Å². The molecule has 1 heterocycles. The Labute approximate surface area is 189 Å². The van der Waals surface area contributed by atoms with Crippen LogP contribution < -0.4 is 10.9 Å². The summed E-state index contributed by atoms with van der Waals surface area (Å²) in [6.45, 7) is 0. The number of anilines is 1. The Balaban J connectivity index is 1.67. The molecule has 1 amide bonds. The quantitative estimate of drug-likeness (QED) is 0.227. The number of rotatable bonds is 5. The van der Waals surface area contributed by atoms with E-state index in [9.17, 15) is 14.0 Å². The molecule has 5 nitrogen and oxygen atoms in total. The molecular formula is C22H15FIN3O2S. The molecule has 4 rings (SSSR count). The average Bonchev–Trinajstić information content (AvgIpc) is 2.73. The van der Waals surface area contributed by atoms with Gasteiger partial charge in [0.25, 0.3) is 5.56 Å². The number of carbonyl (C=O) groups excluding carboxylic acids is 1. The van der Waals surface area contributed by atoms with Gasteiger partial charge in [0, 0.05) is 9.26 Å². The fourth-order valence-corrected chi connectivity index (χ4v) is 4.28. The molecule has 1 N–H and O–H groups in total. The summed E-state index contributed by atoms with van der Waals surface area (Å²) in [5, 5.41) is 3.66. The predicted molar refractivity (Wildman–Crippen MR) is 126 cm³/mol. The van der Waals surface area contributed by atoms with Crippen molar-refractivity contribution in [2.75, 3.05) is 11.1 Å². The largest absolute Gasteiger partial charge is 0.325 e. The highest BCUT2D eigenvalue weighted by Gasteiger charge is 2.15. The molecule has 0 radical (unpaired) electrons. The Kier molecular flexibility index (Phi) is 6.14. The molecule has 30 heavy (non-hydrogen) atoms. The molecule has 0 saturated carbocycles. The number of nitrogens with zero attached hydrogens (tertiary/aromatic N) is 2. The van der Waals surface area contributed by atoms with Crippen LogP contribution in [0, 0.1) is 9.39 Å². The van der Waals surface area contributed by atoms with Gasteiger partial charge < -0.3 is 5.32 Å². The van der Waals surface area contributed by atoms with Gasteiger partial charge in [-0.1, -0.05) is 30.0 Å². The molecule has 150 valence electrons. The second kappa shape index (κ2) is 8.97. The van der Waals surface area contributed by atoms with Crippen LogP contribution in [0.15, 0.2) is 82.7 Å². The van der Waals surface area contributed by atoms with Crippen LogP contribution in [0.3, 0.4) is 0 Å². The standard InChI is InChI=1S/C22H15FIN3O2S/c23-14-8-10-17(11-9-14)27-21(29)18-6-1-2-7-19(18)26-22(27)30-13-20(28)25-16-5-3-4-15(24)12-16/h1-12H,13H2,(H,25,28). The molecule has 0 bridgehead atoms. The zero-order valence-electron chi connectivity index (χ0n) is 15.5. The number of nitrogens with one attached hydrogen (secondary N) is 1. The zero-order valence-corrected chi connectivity index (χ0v) is 18.5. The summed E-state index contributed by atoms with van der Waals surface area (Å²) in [5.74, 6) is -0.543. The van der Waals surface area contributed by atoms with Gasteiger partial charge in [0.1, 0.15) is 5.82 Å². The number of para-hydroxylation sites is 1. The summed E-state index contributed by atoms with van der Waals surface area (Å²) in [4.78, 5) is 30.1. The highest BCUT2D eigenvalue weighted by Crippen LogP contribution is 2.22. The summed E-state index contributed by atoms with van der Waals surface area (Å²) in [7, 11) is 0. The van der Waals surface area contributed by atoms with Gasteiger partial charge in [-0.15, -0.1) is 0 Å². The number of carbonyl (C=O) groups is 1. The van der Waals surface area contributed by atoms with Gasteiger partial charge in [0.05, 0.1) is 22.3 Å². The molecule has 4 aromatic rings. The molecular weight excluding hydrogens is 516 g/mol. The van der Waals surface area contributed by atoms with Crippen molar-refractivity contribution >= 4 is 56.9 Å². The van der Waals surface area contributed by atoms with Crippen molar-refractivity contribution in [3.63, 3.8) is 0 Å². The lowest BCUT2D eigenvalue weighted by molar-refractivity contribution is -0.113. The first kappa shape index (κ1) is 20.5. The number of benzene rings is 3. The van der Waals surface area contributed by atoms with E-state index in [2.05, 4.69) is 32.9 Å². The minimum absolute atomic E-state index is 0.0669. The van der Waals surface area contributed by atoms with E-state index in [-0.39, 0.29) is 17.2 Å². The summed E-state index contributed by atoms with van der Waals surface area (Å²) >= 11 is 3.33. The van der Waals surface area contributed by atoms with Crippen molar-refractivity contribution in [2.24, 2.45) is 0 Å². The van der Waals surface area contributed by atoms with Crippen LogP contribution in [-0.2, 0) is 4.79 Å². The molecule has 8 heteroatoms. The second-order valence-corrected chi connectivity index (χ2v) is 8.56. The van der Waals surface area contributed by atoms with Crippen LogP contribution in [-0.4, -0.2) is 21.2 Å². The zero-order chi connectivity index (χ0) is 21.1. The van der Waals surface area contributed by atoms with E-state index in [4.69, 9.17) is 0 Å². The fourth-order valence-electron chi connectivity index (χ4n) is 2.92. The molecule has 0 unspecified atom stereocenters. The maximum atomic E-state index is 13.4. The Bertz CT molecular complexity index is 1290. The van der Waals surface area contributed by atoms with Gasteiger partial charge in [-0.05, 0) is 77.2 Å². The number of thioether (sulfide) groups is 1. The number of fused-ring (bicyclic) bond motifs is 1. The third kappa shape index (κ3) is 4.54. The highest BCUT2D eigenvalue weighted by atomic mass is 127. The maximum absolute atomic E-state index is 13.4. The highest BCUT2D eigenvalue weighted by molar-refractivity contribution is 14.1. The molecule has 0 aliphatic rings. The van der Waals surface area contributed by atoms with Gasteiger partial charge in [-0.3, -0.25) is 14.2 Å². The van der Waals surface area contributed by atoms with Gasteiger partial charge in [-0.2, -0.15) is 0 Å². The molecule has 1 aromatic heterocycles. The van der Waals surface area contributed by atoms with E-state index in [1.54, 1.807) is 24.3 Å². The molecule has 0 spiro atoms. The number of aromatic nitrogens is 2. The monoisotopic (exact) mass is 531 g/mol. The van der Waals surface area contributed by atoms with E-state index in [0.29, 0.717) is 27.4 Å². The molecule has 0 fully saturated rings. The van der Waals surface area contributed by atoms with Crippen LogP contribution in [0.4, 0.5) is 10.1 Å². The molecule has 0 saturated heterocycles. The van der Waals surface area contributed by atoms with E-state index in [1.807, 2.05) is 24.3 Å². The second-order valence-electron chi connectivity index (χ2n) is 6.38. The first-order valence-corrected chi connectivity index (χ1v) is 11.0. The van der Waals surface area contributed by atoms with E-state index in [0.717, 1.165) is 15.3 Å².